The van der Waals surface area contributed by atoms with E-state index in [1.54, 1.807) is 12.1 Å². The van der Waals surface area contributed by atoms with Crippen LogP contribution in [0.15, 0.2) is 24.3 Å². The number of hydrazine groups is 1. The average Bonchev–Trinajstić information content (AvgIpc) is 2.69. The van der Waals surface area contributed by atoms with Gasteiger partial charge in [-0.1, -0.05) is 18.2 Å². The van der Waals surface area contributed by atoms with Gasteiger partial charge in [-0.25, -0.2) is 4.39 Å². The molecule has 1 aliphatic rings. The van der Waals surface area contributed by atoms with Crippen molar-refractivity contribution in [2.75, 3.05) is 6.61 Å². The van der Waals surface area contributed by atoms with E-state index in [4.69, 9.17) is 10.6 Å². The fourth-order valence-corrected chi connectivity index (χ4v) is 2.29. The summed E-state index contributed by atoms with van der Waals surface area (Å²) in [6, 6.07) is 6.55. The molecule has 0 aromatic heterocycles. The third kappa shape index (κ3) is 2.24. The number of ether oxygens (including phenoxy) is 1. The molecule has 1 aromatic carbocycles. The van der Waals surface area contributed by atoms with E-state index in [2.05, 4.69) is 5.43 Å². The van der Waals surface area contributed by atoms with E-state index in [1.807, 2.05) is 13.0 Å². The number of halogens is 1. The van der Waals surface area contributed by atoms with Crippen molar-refractivity contribution in [3.05, 3.63) is 35.6 Å². The summed E-state index contributed by atoms with van der Waals surface area (Å²) >= 11 is 0. The summed E-state index contributed by atoms with van der Waals surface area (Å²) in [7, 11) is 0. The maximum atomic E-state index is 13.6. The highest BCUT2D eigenvalue weighted by molar-refractivity contribution is 5.22. The van der Waals surface area contributed by atoms with Crippen molar-refractivity contribution in [2.45, 2.75) is 25.5 Å². The molecule has 1 aromatic rings. The van der Waals surface area contributed by atoms with Gasteiger partial charge in [-0.3, -0.25) is 11.3 Å². The van der Waals surface area contributed by atoms with Crippen molar-refractivity contribution in [1.29, 1.82) is 0 Å². The third-order valence-corrected chi connectivity index (χ3v) is 3.12. The van der Waals surface area contributed by atoms with Crippen LogP contribution in [0.5, 0.6) is 0 Å². The molecule has 0 radical (unpaired) electrons. The number of nitrogens with two attached hydrogens (primary N) is 1. The van der Waals surface area contributed by atoms with Gasteiger partial charge in [-0.2, -0.15) is 0 Å². The lowest BCUT2D eigenvalue weighted by Crippen LogP contribution is -2.34. The Balaban J connectivity index is 2.19. The van der Waals surface area contributed by atoms with Crippen LogP contribution in [0.3, 0.4) is 0 Å². The minimum Gasteiger partial charge on any atom is -0.378 e. The van der Waals surface area contributed by atoms with E-state index in [0.29, 0.717) is 12.2 Å². The highest BCUT2D eigenvalue weighted by atomic mass is 19.1. The summed E-state index contributed by atoms with van der Waals surface area (Å²) in [5, 5.41) is 0. The first-order valence-electron chi connectivity index (χ1n) is 5.54. The van der Waals surface area contributed by atoms with Crippen LogP contribution >= 0.6 is 0 Å². The lowest BCUT2D eigenvalue weighted by molar-refractivity contribution is 0.116. The molecule has 0 bridgehead atoms. The highest BCUT2D eigenvalue weighted by Gasteiger charge is 2.31. The Labute approximate surface area is 94.8 Å². The monoisotopic (exact) mass is 224 g/mol. The topological polar surface area (TPSA) is 47.3 Å². The molecule has 16 heavy (non-hydrogen) atoms. The smallest absolute Gasteiger partial charge is 0.128 e. The zero-order valence-corrected chi connectivity index (χ0v) is 9.32. The summed E-state index contributed by atoms with van der Waals surface area (Å²) in [5.41, 5.74) is 3.32. The van der Waals surface area contributed by atoms with Gasteiger partial charge in [0.05, 0.1) is 18.8 Å². The second kappa shape index (κ2) is 4.91. The molecule has 1 aliphatic heterocycles. The molecule has 3 atom stereocenters. The van der Waals surface area contributed by atoms with Crippen LogP contribution in [0, 0.1) is 11.7 Å². The lowest BCUT2D eigenvalue weighted by atomic mass is 9.91. The van der Waals surface area contributed by atoms with Crippen molar-refractivity contribution in [3.8, 4) is 0 Å². The Morgan fingerprint density at radius 3 is 2.81 bits per heavy atom. The van der Waals surface area contributed by atoms with E-state index < -0.39 is 0 Å². The molecule has 3 nitrogen and oxygen atoms in total. The minimum absolute atomic E-state index is 0.175. The maximum absolute atomic E-state index is 13.6. The van der Waals surface area contributed by atoms with Gasteiger partial charge in [0.15, 0.2) is 0 Å². The van der Waals surface area contributed by atoms with E-state index in [9.17, 15) is 4.39 Å². The molecule has 2 rings (SSSR count). The molecule has 88 valence electrons. The summed E-state index contributed by atoms with van der Waals surface area (Å²) < 4.78 is 19.1. The normalized spacial score (nSPS) is 26.9. The predicted octanol–water partition coefficient (Wildman–Crippen LogP) is 1.76. The molecule has 0 saturated carbocycles. The fourth-order valence-electron chi connectivity index (χ4n) is 2.29. The lowest BCUT2D eigenvalue weighted by Gasteiger charge is -2.22. The van der Waals surface area contributed by atoms with Crippen molar-refractivity contribution in [3.63, 3.8) is 0 Å². The second-order valence-corrected chi connectivity index (χ2v) is 4.31. The molecule has 4 heteroatoms. The van der Waals surface area contributed by atoms with Gasteiger partial charge in [-0.15, -0.1) is 0 Å². The summed E-state index contributed by atoms with van der Waals surface area (Å²) in [5.74, 6) is 5.54. The zero-order valence-electron chi connectivity index (χ0n) is 9.32. The molecule has 0 aliphatic carbocycles. The number of benzene rings is 1. The third-order valence-electron chi connectivity index (χ3n) is 3.12. The van der Waals surface area contributed by atoms with Crippen LogP contribution in [0.25, 0.3) is 0 Å². The van der Waals surface area contributed by atoms with Gasteiger partial charge in [0.2, 0.25) is 0 Å². The standard InChI is InChI=1S/C12H17FN2O/c1-8-6-9(7-16-8)12(15-14)10-4-2-3-5-11(10)13/h2-5,8-9,12,15H,6-7,14H2,1H3. The first kappa shape index (κ1) is 11.5. The largest absolute Gasteiger partial charge is 0.378 e. The summed E-state index contributed by atoms with van der Waals surface area (Å²) in [4.78, 5) is 0. The maximum Gasteiger partial charge on any atom is 0.128 e. The molecule has 1 saturated heterocycles. The Kier molecular flexibility index (Phi) is 3.53. The van der Waals surface area contributed by atoms with E-state index in [1.165, 1.54) is 6.07 Å². The number of hydrogen-bond acceptors (Lipinski definition) is 3. The van der Waals surface area contributed by atoms with Crippen LogP contribution in [0.2, 0.25) is 0 Å². The first-order valence-corrected chi connectivity index (χ1v) is 5.54. The SMILES string of the molecule is CC1CC(C(NN)c2ccccc2F)CO1. The Morgan fingerprint density at radius 2 is 2.25 bits per heavy atom. The van der Waals surface area contributed by atoms with Gasteiger partial charge in [0.1, 0.15) is 5.82 Å². The van der Waals surface area contributed by atoms with E-state index in [0.717, 1.165) is 6.42 Å². The number of hydrogen-bond donors (Lipinski definition) is 2. The Bertz CT molecular complexity index is 359. The highest BCUT2D eigenvalue weighted by Crippen LogP contribution is 2.32. The van der Waals surface area contributed by atoms with Crippen LogP contribution in [0.4, 0.5) is 4.39 Å². The average molecular weight is 224 g/mol. The molecule has 3 unspecified atom stereocenters. The van der Waals surface area contributed by atoms with Gasteiger partial charge < -0.3 is 4.74 Å². The minimum atomic E-state index is -0.218. The number of nitrogens with one attached hydrogen (secondary N) is 1. The molecular weight excluding hydrogens is 207 g/mol. The van der Waals surface area contributed by atoms with Gasteiger partial charge in [0.25, 0.3) is 0 Å². The molecule has 0 spiro atoms. The van der Waals surface area contributed by atoms with Crippen LogP contribution < -0.4 is 11.3 Å². The van der Waals surface area contributed by atoms with E-state index in [-0.39, 0.29) is 23.9 Å². The zero-order chi connectivity index (χ0) is 11.5. The van der Waals surface area contributed by atoms with Crippen LogP contribution in [0.1, 0.15) is 24.9 Å². The van der Waals surface area contributed by atoms with Crippen molar-refractivity contribution < 1.29 is 9.13 Å². The van der Waals surface area contributed by atoms with Crippen molar-refractivity contribution in [1.82, 2.24) is 5.43 Å². The second-order valence-electron chi connectivity index (χ2n) is 4.31. The molecule has 1 heterocycles. The fraction of sp³-hybridized carbons (Fsp3) is 0.500. The van der Waals surface area contributed by atoms with E-state index >= 15 is 0 Å². The van der Waals surface area contributed by atoms with Gasteiger partial charge >= 0.3 is 0 Å². The molecule has 1 fully saturated rings. The predicted molar refractivity (Wildman–Crippen MR) is 60.0 cm³/mol. The molecule has 3 N–H and O–H groups in total. The van der Waals surface area contributed by atoms with Crippen LogP contribution in [-0.2, 0) is 4.74 Å². The number of rotatable bonds is 3. The van der Waals surface area contributed by atoms with Gasteiger partial charge in [-0.05, 0) is 19.4 Å². The van der Waals surface area contributed by atoms with Crippen molar-refractivity contribution >= 4 is 0 Å². The van der Waals surface area contributed by atoms with Crippen molar-refractivity contribution in [2.24, 2.45) is 11.8 Å². The quantitative estimate of drug-likeness (QED) is 0.607. The Hall–Kier alpha value is -0.970. The Morgan fingerprint density at radius 1 is 1.50 bits per heavy atom. The van der Waals surface area contributed by atoms with Crippen LogP contribution in [-0.4, -0.2) is 12.7 Å². The molecular formula is C12H17FN2O. The molecule has 0 amide bonds. The first-order chi connectivity index (χ1) is 7.72. The van der Waals surface area contributed by atoms with Gasteiger partial charge in [0, 0.05) is 11.5 Å². The summed E-state index contributed by atoms with van der Waals surface area (Å²) in [6.07, 6.45) is 1.14. The summed E-state index contributed by atoms with van der Waals surface area (Å²) in [6.45, 7) is 2.65.